The van der Waals surface area contributed by atoms with Crippen molar-refractivity contribution in [3.63, 3.8) is 0 Å². The molecule has 2 unspecified atom stereocenters. The molecule has 2 N–H and O–H groups in total. The largest absolute Gasteiger partial charge is 0.461 e. The summed E-state index contributed by atoms with van der Waals surface area (Å²) in [5.41, 5.74) is 7.55. The van der Waals surface area contributed by atoms with Crippen molar-refractivity contribution >= 4 is 11.9 Å². The van der Waals surface area contributed by atoms with Gasteiger partial charge in [0.1, 0.15) is 17.3 Å². The number of nitrogens with two attached hydrogens (primary N) is 1. The van der Waals surface area contributed by atoms with Gasteiger partial charge in [-0.25, -0.2) is 9.59 Å². The van der Waals surface area contributed by atoms with E-state index in [9.17, 15) is 14.9 Å². The van der Waals surface area contributed by atoms with Crippen LogP contribution in [0, 0.1) is 23.2 Å². The van der Waals surface area contributed by atoms with Crippen molar-refractivity contribution in [2.45, 2.75) is 92.9 Å². The van der Waals surface area contributed by atoms with E-state index < -0.39 is 11.9 Å². The van der Waals surface area contributed by atoms with Crippen LogP contribution in [0.15, 0.2) is 47.0 Å². The third-order valence-electron chi connectivity index (χ3n) is 7.76. The molecule has 0 spiro atoms. The van der Waals surface area contributed by atoms with Crippen LogP contribution >= 0.6 is 0 Å². The van der Waals surface area contributed by atoms with Crippen molar-refractivity contribution in [1.29, 1.82) is 5.26 Å². The minimum absolute atomic E-state index is 0.0534. The standard InChI is InChI=1S/C33H54N4O4/c1-7-11-13-28(9-3)24-40-32(38)30(23-34)26(5)15-17-36-19-21-37(22-20-36)18-16-27(6)31(35)33(39)41-25-29(10-4)14-12-8-2/h15-18,28-29H,7-14,19-22,24-25,35H2,1-6H3/b17-15+,18-16+,30-26+,31-27+. The number of hydrogen-bond acceptors (Lipinski definition) is 8. The van der Waals surface area contributed by atoms with E-state index in [0.717, 1.165) is 77.5 Å². The lowest BCUT2D eigenvalue weighted by Gasteiger charge is -2.33. The lowest BCUT2D eigenvalue weighted by atomic mass is 10.0. The van der Waals surface area contributed by atoms with E-state index >= 15 is 0 Å². The highest BCUT2D eigenvalue weighted by molar-refractivity contribution is 5.94. The third kappa shape index (κ3) is 13.8. The normalized spacial score (nSPS) is 16.7. The van der Waals surface area contributed by atoms with E-state index in [-0.39, 0.29) is 11.3 Å². The zero-order chi connectivity index (χ0) is 30.6. The van der Waals surface area contributed by atoms with E-state index in [4.69, 9.17) is 15.2 Å². The van der Waals surface area contributed by atoms with Crippen molar-refractivity contribution < 1.29 is 19.1 Å². The Hall–Kier alpha value is -3.21. The predicted octanol–water partition coefficient (Wildman–Crippen LogP) is 6.22. The molecule has 0 radical (unpaired) electrons. The first-order chi connectivity index (χ1) is 19.7. The molecule has 41 heavy (non-hydrogen) atoms. The molecular weight excluding hydrogens is 516 g/mol. The second-order valence-electron chi connectivity index (χ2n) is 11.0. The summed E-state index contributed by atoms with van der Waals surface area (Å²) in [6, 6.07) is 2.02. The monoisotopic (exact) mass is 570 g/mol. The number of piperazine rings is 1. The molecule has 0 saturated carbocycles. The van der Waals surface area contributed by atoms with Crippen LogP contribution in [0.1, 0.15) is 92.9 Å². The maximum atomic E-state index is 12.5. The molecule has 230 valence electrons. The number of ether oxygens (including phenoxy) is 2. The lowest BCUT2D eigenvalue weighted by Crippen LogP contribution is -2.41. The number of rotatable bonds is 18. The number of carbonyl (C=O) groups excluding carboxylic acids is 2. The fourth-order valence-electron chi connectivity index (χ4n) is 4.43. The Bertz CT molecular complexity index is 968. The minimum atomic E-state index is -0.548. The fourth-order valence-corrected chi connectivity index (χ4v) is 4.43. The Balaban J connectivity index is 2.60. The highest BCUT2D eigenvalue weighted by atomic mass is 16.5. The molecule has 8 heteroatoms. The van der Waals surface area contributed by atoms with Crippen molar-refractivity contribution in [3.8, 4) is 6.07 Å². The van der Waals surface area contributed by atoms with Gasteiger partial charge in [-0.05, 0) is 74.2 Å². The number of esters is 2. The highest BCUT2D eigenvalue weighted by Crippen LogP contribution is 2.16. The molecule has 0 amide bonds. The molecule has 2 atom stereocenters. The predicted molar refractivity (Wildman–Crippen MR) is 165 cm³/mol. The van der Waals surface area contributed by atoms with Crippen LogP contribution in [0.4, 0.5) is 0 Å². The highest BCUT2D eigenvalue weighted by Gasteiger charge is 2.17. The van der Waals surface area contributed by atoms with Crippen LogP contribution in [0.2, 0.25) is 0 Å². The van der Waals surface area contributed by atoms with Gasteiger partial charge in [-0.15, -0.1) is 0 Å². The fraction of sp³-hybridized carbons (Fsp3) is 0.667. The zero-order valence-electron chi connectivity index (χ0n) is 26.4. The number of allylic oxidation sites excluding steroid dienone is 4. The van der Waals surface area contributed by atoms with Gasteiger partial charge in [-0.3, -0.25) is 0 Å². The summed E-state index contributed by atoms with van der Waals surface area (Å²) < 4.78 is 10.9. The number of nitriles is 1. The van der Waals surface area contributed by atoms with Crippen LogP contribution in [-0.4, -0.2) is 61.1 Å². The molecule has 0 aliphatic carbocycles. The first-order valence-electron chi connectivity index (χ1n) is 15.5. The summed E-state index contributed by atoms with van der Waals surface area (Å²) in [4.78, 5) is 29.3. The van der Waals surface area contributed by atoms with Crippen LogP contribution in [0.25, 0.3) is 0 Å². The van der Waals surface area contributed by atoms with Crippen molar-refractivity contribution in [2.24, 2.45) is 17.6 Å². The molecule has 0 aromatic rings. The van der Waals surface area contributed by atoms with Crippen molar-refractivity contribution in [1.82, 2.24) is 9.80 Å². The number of hydrogen-bond donors (Lipinski definition) is 1. The maximum Gasteiger partial charge on any atom is 0.354 e. The second-order valence-corrected chi connectivity index (χ2v) is 11.0. The van der Waals surface area contributed by atoms with Gasteiger partial charge >= 0.3 is 11.9 Å². The molecule has 0 aromatic heterocycles. The van der Waals surface area contributed by atoms with E-state index in [1.165, 1.54) is 0 Å². The summed E-state index contributed by atoms with van der Waals surface area (Å²) in [5, 5.41) is 9.56. The van der Waals surface area contributed by atoms with Crippen LogP contribution < -0.4 is 5.73 Å². The zero-order valence-corrected chi connectivity index (χ0v) is 26.4. The molecule has 1 fully saturated rings. The van der Waals surface area contributed by atoms with Gasteiger partial charge < -0.3 is 25.0 Å². The first-order valence-corrected chi connectivity index (χ1v) is 15.5. The Morgan fingerprint density at radius 3 is 1.66 bits per heavy atom. The summed E-state index contributed by atoms with van der Waals surface area (Å²) in [6.45, 7) is 16.0. The Labute approximate surface area is 248 Å². The van der Waals surface area contributed by atoms with Gasteiger partial charge in [0.25, 0.3) is 0 Å². The molecule has 0 bridgehead atoms. The van der Waals surface area contributed by atoms with E-state index in [0.29, 0.717) is 36.2 Å². The second kappa shape index (κ2) is 20.6. The molecule has 1 rings (SSSR count). The summed E-state index contributed by atoms with van der Waals surface area (Å²) >= 11 is 0. The van der Waals surface area contributed by atoms with E-state index in [1.807, 2.05) is 37.5 Å². The molecule has 0 aromatic carbocycles. The van der Waals surface area contributed by atoms with Crippen LogP contribution in [0.3, 0.4) is 0 Å². The molecular formula is C33H54N4O4. The molecule has 1 heterocycles. The molecule has 1 aliphatic heterocycles. The summed E-state index contributed by atoms with van der Waals surface area (Å²) in [7, 11) is 0. The van der Waals surface area contributed by atoms with Gasteiger partial charge in [-0.2, -0.15) is 5.26 Å². The molecule has 8 nitrogen and oxygen atoms in total. The number of carbonyl (C=O) groups is 2. The maximum absolute atomic E-state index is 12.5. The number of unbranched alkanes of at least 4 members (excludes halogenated alkanes) is 2. The third-order valence-corrected chi connectivity index (χ3v) is 7.76. The summed E-state index contributed by atoms with van der Waals surface area (Å²) in [6.07, 6.45) is 16.1. The minimum Gasteiger partial charge on any atom is -0.461 e. The van der Waals surface area contributed by atoms with Crippen molar-refractivity contribution in [3.05, 3.63) is 47.0 Å². The molecule has 1 aliphatic rings. The smallest absolute Gasteiger partial charge is 0.354 e. The van der Waals surface area contributed by atoms with Crippen LogP contribution in [0.5, 0.6) is 0 Å². The van der Waals surface area contributed by atoms with Gasteiger partial charge in [0.2, 0.25) is 0 Å². The first kappa shape index (κ1) is 35.8. The number of nitrogens with zero attached hydrogens (tertiary/aromatic N) is 3. The van der Waals surface area contributed by atoms with Crippen LogP contribution in [-0.2, 0) is 19.1 Å². The topological polar surface area (TPSA) is 109 Å². The Morgan fingerprint density at radius 1 is 0.805 bits per heavy atom. The SMILES string of the molecule is CCCCC(CC)COC(=O)/C(N)=C(C)\C=C\N1CCN(/C=C/C(C)=C(\C#N)C(=O)OCC(CC)CCCC)CC1. The Morgan fingerprint density at radius 2 is 1.24 bits per heavy atom. The van der Waals surface area contributed by atoms with Gasteiger partial charge in [-0.1, -0.05) is 66.2 Å². The van der Waals surface area contributed by atoms with Crippen molar-refractivity contribution in [2.75, 3.05) is 39.4 Å². The van der Waals surface area contributed by atoms with E-state index in [2.05, 4.69) is 37.5 Å². The average Bonchev–Trinajstić information content (AvgIpc) is 2.99. The molecule has 1 saturated heterocycles. The summed E-state index contributed by atoms with van der Waals surface area (Å²) in [5.74, 6) is -0.296. The Kier molecular flexibility index (Phi) is 18.0. The van der Waals surface area contributed by atoms with E-state index in [1.54, 1.807) is 6.92 Å². The lowest BCUT2D eigenvalue weighted by molar-refractivity contribution is -0.141. The van der Waals surface area contributed by atoms with Gasteiger partial charge in [0.05, 0.1) is 13.2 Å². The average molecular weight is 571 g/mol. The van der Waals surface area contributed by atoms with Gasteiger partial charge in [0, 0.05) is 26.2 Å². The quantitative estimate of drug-likeness (QED) is 0.0895. The van der Waals surface area contributed by atoms with Gasteiger partial charge in [0.15, 0.2) is 0 Å².